The standard InChI is InChI=1S/C51H37N5/c52-32-34-14-27-45-44(31-34)47-43(12-7-13-46(47)51(45)28-5-2-6-29-51)38-21-15-35(16-22-38)36-17-23-40(24-18-36)49-54-48(39-9-3-1-4-10-39)55-50(56-49)41-25-19-37(20-26-41)42-11-8-30-53-33-42/h1,3-4,7-27,30-31,33H,2,5-6,28-29H2. The second-order valence-electron chi connectivity index (χ2n) is 14.9. The number of hydrogen-bond donors (Lipinski definition) is 0. The van der Waals surface area contributed by atoms with Gasteiger partial charge in [-0.1, -0.05) is 153 Å². The third kappa shape index (κ3) is 5.88. The molecule has 2 aromatic heterocycles. The second-order valence-corrected chi connectivity index (χ2v) is 14.9. The van der Waals surface area contributed by atoms with Gasteiger partial charge in [0.05, 0.1) is 11.6 Å². The lowest BCUT2D eigenvalue weighted by molar-refractivity contribution is 0.353. The number of nitriles is 1. The highest BCUT2D eigenvalue weighted by molar-refractivity contribution is 5.93. The molecule has 0 aliphatic heterocycles. The van der Waals surface area contributed by atoms with Gasteiger partial charge in [-0.3, -0.25) is 4.98 Å². The van der Waals surface area contributed by atoms with E-state index in [0.29, 0.717) is 17.5 Å². The van der Waals surface area contributed by atoms with Gasteiger partial charge in [0.2, 0.25) is 0 Å². The highest BCUT2D eigenvalue weighted by Gasteiger charge is 2.44. The lowest BCUT2D eigenvalue weighted by atomic mass is 9.67. The molecule has 2 heterocycles. The maximum absolute atomic E-state index is 9.82. The van der Waals surface area contributed by atoms with Crippen LogP contribution in [-0.4, -0.2) is 19.9 Å². The van der Waals surface area contributed by atoms with Gasteiger partial charge in [0.15, 0.2) is 17.5 Å². The average Bonchev–Trinajstić information content (AvgIpc) is 3.55. The molecule has 10 rings (SSSR count). The molecule has 0 unspecified atom stereocenters. The largest absolute Gasteiger partial charge is 0.264 e. The fourth-order valence-corrected chi connectivity index (χ4v) is 8.91. The maximum atomic E-state index is 9.82. The summed E-state index contributed by atoms with van der Waals surface area (Å²) in [7, 11) is 0. The highest BCUT2D eigenvalue weighted by Crippen LogP contribution is 2.58. The summed E-state index contributed by atoms with van der Waals surface area (Å²) < 4.78 is 0. The van der Waals surface area contributed by atoms with Crippen LogP contribution in [0.1, 0.15) is 48.8 Å². The minimum absolute atomic E-state index is 0.0423. The van der Waals surface area contributed by atoms with Crippen LogP contribution in [0.5, 0.6) is 0 Å². The second kappa shape index (κ2) is 14.0. The lowest BCUT2D eigenvalue weighted by Crippen LogP contribution is -2.28. The van der Waals surface area contributed by atoms with E-state index in [9.17, 15) is 5.26 Å². The molecule has 8 aromatic rings. The molecule has 266 valence electrons. The molecule has 0 amide bonds. The Morgan fingerprint density at radius 3 is 1.59 bits per heavy atom. The van der Waals surface area contributed by atoms with Crippen LogP contribution in [0.4, 0.5) is 0 Å². The van der Waals surface area contributed by atoms with Gasteiger partial charge in [-0.25, -0.2) is 15.0 Å². The summed E-state index contributed by atoms with van der Waals surface area (Å²) in [6.45, 7) is 0. The number of pyridine rings is 1. The Morgan fingerprint density at radius 2 is 1.00 bits per heavy atom. The van der Waals surface area contributed by atoms with Crippen molar-refractivity contribution in [2.45, 2.75) is 37.5 Å². The van der Waals surface area contributed by atoms with Crippen LogP contribution in [0.2, 0.25) is 0 Å². The average molecular weight is 720 g/mol. The smallest absolute Gasteiger partial charge is 0.164 e. The first-order chi connectivity index (χ1) is 27.7. The third-order valence-corrected chi connectivity index (χ3v) is 11.7. The molecule has 0 radical (unpaired) electrons. The Bertz CT molecular complexity index is 2740. The molecule has 0 atom stereocenters. The number of aromatic nitrogens is 4. The molecular formula is C51H37N5. The van der Waals surface area contributed by atoms with Crippen molar-refractivity contribution < 1.29 is 0 Å². The van der Waals surface area contributed by atoms with Crippen LogP contribution in [0, 0.1) is 11.3 Å². The maximum Gasteiger partial charge on any atom is 0.164 e. The van der Waals surface area contributed by atoms with Gasteiger partial charge in [-0.05, 0) is 86.7 Å². The highest BCUT2D eigenvalue weighted by atomic mass is 15.0. The molecule has 0 saturated heterocycles. The molecule has 0 bridgehead atoms. The molecule has 1 spiro atoms. The minimum Gasteiger partial charge on any atom is -0.264 e. The van der Waals surface area contributed by atoms with E-state index >= 15 is 0 Å². The Hall–Kier alpha value is -7.03. The van der Waals surface area contributed by atoms with Crippen molar-refractivity contribution >= 4 is 0 Å². The van der Waals surface area contributed by atoms with Crippen LogP contribution < -0.4 is 0 Å². The summed E-state index contributed by atoms with van der Waals surface area (Å²) in [5.74, 6) is 1.88. The molecule has 5 nitrogen and oxygen atoms in total. The quantitative estimate of drug-likeness (QED) is 0.171. The predicted molar refractivity (Wildman–Crippen MR) is 224 cm³/mol. The zero-order valence-electron chi connectivity index (χ0n) is 30.9. The van der Waals surface area contributed by atoms with Gasteiger partial charge < -0.3 is 0 Å². The van der Waals surface area contributed by atoms with E-state index in [4.69, 9.17) is 15.0 Å². The fraction of sp³-hybridized carbons (Fsp3) is 0.118. The summed E-state index contributed by atoms with van der Waals surface area (Å²) in [6.07, 6.45) is 9.74. The van der Waals surface area contributed by atoms with Crippen molar-refractivity contribution in [2.75, 3.05) is 0 Å². The monoisotopic (exact) mass is 719 g/mol. The van der Waals surface area contributed by atoms with Gasteiger partial charge in [-0.2, -0.15) is 5.26 Å². The molecule has 56 heavy (non-hydrogen) atoms. The van der Waals surface area contributed by atoms with Crippen molar-refractivity contribution in [3.8, 4) is 84.7 Å². The molecule has 2 aliphatic rings. The molecular weight excluding hydrogens is 683 g/mol. The van der Waals surface area contributed by atoms with Crippen LogP contribution in [0.3, 0.4) is 0 Å². The number of nitrogens with zero attached hydrogens (tertiary/aromatic N) is 5. The zero-order valence-corrected chi connectivity index (χ0v) is 30.9. The van der Waals surface area contributed by atoms with Crippen molar-refractivity contribution in [1.82, 2.24) is 19.9 Å². The van der Waals surface area contributed by atoms with Crippen LogP contribution in [-0.2, 0) is 5.41 Å². The SMILES string of the molecule is N#Cc1ccc2c(c1)-c1c(-c3ccc(-c4ccc(-c5nc(-c6ccccc6)nc(-c6ccc(-c7cccnc7)cc6)n5)cc4)cc3)cccc1C21CCCCC1. The van der Waals surface area contributed by atoms with Crippen molar-refractivity contribution in [2.24, 2.45) is 0 Å². The van der Waals surface area contributed by atoms with E-state index in [1.807, 2.05) is 48.7 Å². The molecule has 0 N–H and O–H groups in total. The predicted octanol–water partition coefficient (Wildman–Crippen LogP) is 12.4. The number of benzene rings is 6. The summed E-state index contributed by atoms with van der Waals surface area (Å²) >= 11 is 0. The molecule has 2 aliphatic carbocycles. The first-order valence-corrected chi connectivity index (χ1v) is 19.4. The van der Waals surface area contributed by atoms with E-state index in [1.54, 1.807) is 6.20 Å². The Morgan fingerprint density at radius 1 is 0.446 bits per heavy atom. The van der Waals surface area contributed by atoms with Crippen LogP contribution in [0.25, 0.3) is 78.7 Å². The molecule has 6 aromatic carbocycles. The lowest BCUT2D eigenvalue weighted by Gasteiger charge is -2.36. The van der Waals surface area contributed by atoms with E-state index < -0.39 is 0 Å². The zero-order chi connectivity index (χ0) is 37.5. The van der Waals surface area contributed by atoms with Crippen molar-refractivity contribution in [3.63, 3.8) is 0 Å². The minimum atomic E-state index is 0.0423. The van der Waals surface area contributed by atoms with Gasteiger partial charge in [-0.15, -0.1) is 0 Å². The van der Waals surface area contributed by atoms with E-state index in [1.165, 1.54) is 52.6 Å². The van der Waals surface area contributed by atoms with Crippen LogP contribution >= 0.6 is 0 Å². The molecule has 1 fully saturated rings. The van der Waals surface area contributed by atoms with Gasteiger partial charge in [0, 0.05) is 34.5 Å². The van der Waals surface area contributed by atoms with Crippen molar-refractivity contribution in [3.05, 3.63) is 181 Å². The van der Waals surface area contributed by atoms with E-state index in [2.05, 4.69) is 120 Å². The summed E-state index contributed by atoms with van der Waals surface area (Å²) in [6, 6.07) is 55.3. The Balaban J connectivity index is 0.972. The topological polar surface area (TPSA) is 75.3 Å². The van der Waals surface area contributed by atoms with Crippen molar-refractivity contribution in [1.29, 1.82) is 5.26 Å². The first kappa shape index (κ1) is 33.5. The van der Waals surface area contributed by atoms with E-state index in [0.717, 1.165) is 57.3 Å². The van der Waals surface area contributed by atoms with Gasteiger partial charge in [0.1, 0.15) is 0 Å². The summed E-state index contributed by atoms with van der Waals surface area (Å²) in [4.78, 5) is 19.1. The first-order valence-electron chi connectivity index (χ1n) is 19.4. The van der Waals surface area contributed by atoms with Gasteiger partial charge in [0.25, 0.3) is 0 Å². The molecule has 5 heteroatoms. The normalized spacial score (nSPS) is 13.8. The van der Waals surface area contributed by atoms with Gasteiger partial charge >= 0.3 is 0 Å². The van der Waals surface area contributed by atoms with E-state index in [-0.39, 0.29) is 5.41 Å². The fourth-order valence-electron chi connectivity index (χ4n) is 8.91. The third-order valence-electron chi connectivity index (χ3n) is 11.7. The summed E-state index contributed by atoms with van der Waals surface area (Å²) in [5, 5.41) is 9.82. The summed E-state index contributed by atoms with van der Waals surface area (Å²) in [5.41, 5.74) is 15.7. The molecule has 1 saturated carbocycles. The number of rotatable bonds is 6. The van der Waals surface area contributed by atoms with Crippen LogP contribution in [0.15, 0.2) is 164 Å². The Labute approximate surface area is 327 Å². The number of hydrogen-bond acceptors (Lipinski definition) is 5. The Kier molecular flexibility index (Phi) is 8.38. The number of fused-ring (bicyclic) bond motifs is 5.